The molecule has 0 saturated carbocycles. The van der Waals surface area contributed by atoms with Crippen molar-refractivity contribution in [1.82, 2.24) is 4.90 Å². The Morgan fingerprint density at radius 1 is 1.33 bits per heavy atom. The van der Waals surface area contributed by atoms with Gasteiger partial charge >= 0.3 is 5.97 Å². The smallest absolute Gasteiger partial charge is 0.305 e. The highest BCUT2D eigenvalue weighted by atomic mass is 16.5. The molecule has 0 amide bonds. The van der Waals surface area contributed by atoms with E-state index in [2.05, 4.69) is 30.4 Å². The van der Waals surface area contributed by atoms with Gasteiger partial charge in [0.15, 0.2) is 0 Å². The van der Waals surface area contributed by atoms with E-state index in [4.69, 9.17) is 5.73 Å². The van der Waals surface area contributed by atoms with Gasteiger partial charge in [-0.3, -0.25) is 9.69 Å². The molecule has 0 atom stereocenters. The van der Waals surface area contributed by atoms with Crippen LogP contribution in [-0.2, 0) is 9.53 Å². The molecule has 1 fully saturated rings. The van der Waals surface area contributed by atoms with Crippen LogP contribution in [-0.4, -0.2) is 42.1 Å². The van der Waals surface area contributed by atoms with Crippen LogP contribution < -0.4 is 5.73 Å². The lowest BCUT2D eigenvalue weighted by molar-refractivity contribution is -0.140. The maximum atomic E-state index is 11.1. The Hall–Kier alpha value is -0.610. The summed E-state index contributed by atoms with van der Waals surface area (Å²) >= 11 is 0. The predicted octanol–water partition coefficient (Wildman–Crippen LogP) is 1.92. The van der Waals surface area contributed by atoms with Gasteiger partial charge in [-0.05, 0) is 46.5 Å². The molecule has 0 bridgehead atoms. The van der Waals surface area contributed by atoms with Crippen molar-refractivity contribution in [2.45, 2.75) is 64.0 Å². The zero-order chi connectivity index (χ0) is 13.8. The summed E-state index contributed by atoms with van der Waals surface area (Å²) in [6.07, 6.45) is 4.27. The Labute approximate surface area is 111 Å². The number of likely N-dealkylation sites (tertiary alicyclic amines) is 1. The van der Waals surface area contributed by atoms with Gasteiger partial charge in [-0.1, -0.05) is 0 Å². The number of esters is 1. The first-order valence-corrected chi connectivity index (χ1v) is 6.88. The summed E-state index contributed by atoms with van der Waals surface area (Å²) in [5.74, 6) is -0.134. The summed E-state index contributed by atoms with van der Waals surface area (Å²) < 4.78 is 4.65. The van der Waals surface area contributed by atoms with Crippen LogP contribution in [0.2, 0.25) is 0 Å². The lowest BCUT2D eigenvalue weighted by Crippen LogP contribution is -2.55. The second-order valence-corrected chi connectivity index (χ2v) is 6.45. The van der Waals surface area contributed by atoms with Crippen LogP contribution in [0.15, 0.2) is 0 Å². The maximum Gasteiger partial charge on any atom is 0.305 e. The molecule has 1 aliphatic rings. The van der Waals surface area contributed by atoms with Gasteiger partial charge < -0.3 is 10.5 Å². The number of piperidine rings is 1. The van der Waals surface area contributed by atoms with Gasteiger partial charge in [0.1, 0.15) is 0 Å². The first-order chi connectivity index (χ1) is 8.27. The third kappa shape index (κ3) is 4.58. The highest BCUT2D eigenvalue weighted by Crippen LogP contribution is 2.28. The van der Waals surface area contributed by atoms with Crippen molar-refractivity contribution >= 4 is 5.97 Å². The molecule has 0 spiro atoms. The Morgan fingerprint density at radius 2 is 1.89 bits per heavy atom. The molecule has 4 heteroatoms. The number of hydrogen-bond acceptors (Lipinski definition) is 4. The maximum absolute atomic E-state index is 11.1. The molecule has 0 aliphatic carbocycles. The topological polar surface area (TPSA) is 55.6 Å². The van der Waals surface area contributed by atoms with Gasteiger partial charge in [0, 0.05) is 30.6 Å². The third-order valence-electron chi connectivity index (χ3n) is 3.99. The summed E-state index contributed by atoms with van der Waals surface area (Å²) in [4.78, 5) is 13.6. The van der Waals surface area contributed by atoms with Gasteiger partial charge in [-0.2, -0.15) is 0 Å². The molecule has 1 aliphatic heterocycles. The molecule has 0 radical (unpaired) electrons. The van der Waals surface area contributed by atoms with Crippen molar-refractivity contribution in [3.8, 4) is 0 Å². The fourth-order valence-electron chi connectivity index (χ4n) is 2.56. The number of nitrogens with two attached hydrogens (primary N) is 1. The summed E-state index contributed by atoms with van der Waals surface area (Å²) in [6, 6.07) is 0. The average Bonchev–Trinajstić information content (AvgIpc) is 2.28. The van der Waals surface area contributed by atoms with Crippen LogP contribution in [0.1, 0.15) is 52.9 Å². The Balaban J connectivity index is 2.33. The molecule has 0 aromatic rings. The standard InChI is InChI=1S/C14H28N2O2/c1-13(2,3)16-10-8-14(15,9-11-16)7-5-6-12(17)18-4/h5-11,15H2,1-4H3. The fourth-order valence-corrected chi connectivity index (χ4v) is 2.56. The lowest BCUT2D eigenvalue weighted by Gasteiger charge is -2.45. The summed E-state index contributed by atoms with van der Waals surface area (Å²) in [5, 5.41) is 0. The van der Waals surface area contributed by atoms with Gasteiger partial charge in [-0.15, -0.1) is 0 Å². The van der Waals surface area contributed by atoms with Gasteiger partial charge in [-0.25, -0.2) is 0 Å². The van der Waals surface area contributed by atoms with Gasteiger partial charge in [0.25, 0.3) is 0 Å². The molecular weight excluding hydrogens is 228 g/mol. The normalized spacial score (nSPS) is 20.7. The predicted molar refractivity (Wildman–Crippen MR) is 73.3 cm³/mol. The number of nitrogens with zero attached hydrogens (tertiary/aromatic N) is 1. The van der Waals surface area contributed by atoms with Crippen molar-refractivity contribution in [3.05, 3.63) is 0 Å². The fraction of sp³-hybridized carbons (Fsp3) is 0.929. The summed E-state index contributed by atoms with van der Waals surface area (Å²) in [6.45, 7) is 8.84. The van der Waals surface area contributed by atoms with Crippen molar-refractivity contribution < 1.29 is 9.53 Å². The molecule has 1 rings (SSSR count). The number of hydrogen-bond donors (Lipinski definition) is 1. The molecule has 0 aromatic heterocycles. The van der Waals surface area contributed by atoms with E-state index < -0.39 is 0 Å². The summed E-state index contributed by atoms with van der Waals surface area (Å²) in [5.41, 5.74) is 6.56. The minimum Gasteiger partial charge on any atom is -0.469 e. The second-order valence-electron chi connectivity index (χ2n) is 6.45. The lowest BCUT2D eigenvalue weighted by atomic mass is 9.82. The van der Waals surface area contributed by atoms with Crippen LogP contribution in [0.3, 0.4) is 0 Å². The number of carbonyl (C=O) groups is 1. The zero-order valence-electron chi connectivity index (χ0n) is 12.3. The van der Waals surface area contributed by atoms with Crippen LogP contribution in [0, 0.1) is 0 Å². The minimum absolute atomic E-state index is 0.0875. The van der Waals surface area contributed by atoms with E-state index in [9.17, 15) is 4.79 Å². The quantitative estimate of drug-likeness (QED) is 0.781. The molecule has 2 N–H and O–H groups in total. The molecule has 106 valence electrons. The molecular formula is C14H28N2O2. The molecule has 1 saturated heterocycles. The molecule has 4 nitrogen and oxygen atoms in total. The van der Waals surface area contributed by atoms with E-state index in [-0.39, 0.29) is 17.0 Å². The highest BCUT2D eigenvalue weighted by Gasteiger charge is 2.33. The zero-order valence-corrected chi connectivity index (χ0v) is 12.3. The van der Waals surface area contributed by atoms with Crippen molar-refractivity contribution in [2.24, 2.45) is 5.73 Å². The van der Waals surface area contributed by atoms with Crippen LogP contribution >= 0.6 is 0 Å². The van der Waals surface area contributed by atoms with Crippen LogP contribution in [0.5, 0.6) is 0 Å². The monoisotopic (exact) mass is 256 g/mol. The Morgan fingerprint density at radius 3 is 2.33 bits per heavy atom. The van der Waals surface area contributed by atoms with Gasteiger partial charge in [0.2, 0.25) is 0 Å². The molecule has 18 heavy (non-hydrogen) atoms. The van der Waals surface area contributed by atoms with Crippen molar-refractivity contribution in [1.29, 1.82) is 0 Å². The van der Waals surface area contributed by atoms with E-state index in [1.807, 2.05) is 0 Å². The largest absolute Gasteiger partial charge is 0.469 e. The van der Waals surface area contributed by atoms with Gasteiger partial charge in [0.05, 0.1) is 7.11 Å². The average molecular weight is 256 g/mol. The third-order valence-corrected chi connectivity index (χ3v) is 3.99. The molecule has 0 aromatic carbocycles. The number of ether oxygens (including phenoxy) is 1. The van der Waals surface area contributed by atoms with E-state index in [1.165, 1.54) is 7.11 Å². The SMILES string of the molecule is COC(=O)CCCC1(N)CCN(C(C)(C)C)CC1. The first kappa shape index (κ1) is 15.4. The van der Waals surface area contributed by atoms with E-state index in [0.717, 1.165) is 38.8 Å². The molecule has 1 heterocycles. The van der Waals surface area contributed by atoms with E-state index in [1.54, 1.807) is 0 Å². The highest BCUT2D eigenvalue weighted by molar-refractivity contribution is 5.69. The second kappa shape index (κ2) is 6.02. The van der Waals surface area contributed by atoms with Crippen LogP contribution in [0.25, 0.3) is 0 Å². The Bertz CT molecular complexity index is 276. The van der Waals surface area contributed by atoms with Crippen molar-refractivity contribution in [3.63, 3.8) is 0 Å². The first-order valence-electron chi connectivity index (χ1n) is 6.88. The number of methoxy groups -OCH3 is 1. The molecule has 0 unspecified atom stereocenters. The van der Waals surface area contributed by atoms with E-state index >= 15 is 0 Å². The Kier molecular flexibility index (Phi) is 5.17. The number of rotatable bonds is 4. The van der Waals surface area contributed by atoms with E-state index in [0.29, 0.717) is 6.42 Å². The van der Waals surface area contributed by atoms with Crippen molar-refractivity contribution in [2.75, 3.05) is 20.2 Å². The summed E-state index contributed by atoms with van der Waals surface area (Å²) in [7, 11) is 1.43. The minimum atomic E-state index is -0.134. The van der Waals surface area contributed by atoms with Crippen LogP contribution in [0.4, 0.5) is 0 Å². The number of carbonyl (C=O) groups excluding carboxylic acids is 1.